The van der Waals surface area contributed by atoms with E-state index in [0.29, 0.717) is 28.9 Å². The highest BCUT2D eigenvalue weighted by molar-refractivity contribution is 5.70. The maximum atomic E-state index is 15.6. The highest BCUT2D eigenvalue weighted by Crippen LogP contribution is 2.47. The van der Waals surface area contributed by atoms with Gasteiger partial charge in [0.2, 0.25) is 0 Å². The van der Waals surface area contributed by atoms with Gasteiger partial charge in [0.25, 0.3) is 0 Å². The van der Waals surface area contributed by atoms with E-state index in [9.17, 15) is 5.11 Å². The average Bonchev–Trinajstić information content (AvgIpc) is 3.31. The molecule has 0 amide bonds. The van der Waals surface area contributed by atoms with Crippen LogP contribution in [0, 0.1) is 5.92 Å². The van der Waals surface area contributed by atoms with E-state index in [0.717, 1.165) is 24.9 Å². The van der Waals surface area contributed by atoms with E-state index < -0.39 is 11.7 Å². The molecule has 0 saturated carbocycles. The van der Waals surface area contributed by atoms with Crippen molar-refractivity contribution >= 4 is 5.57 Å². The second kappa shape index (κ2) is 7.52. The molecule has 2 fully saturated rings. The molecule has 2 saturated heterocycles. The van der Waals surface area contributed by atoms with E-state index >= 15 is 4.39 Å². The number of hydrogen-bond acceptors (Lipinski definition) is 5. The largest absolute Gasteiger partial charge is 0.507 e. The molecule has 0 unspecified atom stereocenters. The average molecular weight is 434 g/mol. The van der Waals surface area contributed by atoms with Crippen LogP contribution >= 0.6 is 0 Å². The van der Waals surface area contributed by atoms with Gasteiger partial charge in [-0.2, -0.15) is 5.10 Å². The Hall–Kier alpha value is -3.06. The van der Waals surface area contributed by atoms with Crippen molar-refractivity contribution in [1.82, 2.24) is 25.1 Å². The Bertz CT molecular complexity index is 1150. The van der Waals surface area contributed by atoms with E-state index in [1.54, 1.807) is 30.7 Å². The van der Waals surface area contributed by atoms with Crippen LogP contribution in [-0.2, 0) is 0 Å². The third-order valence-electron chi connectivity index (χ3n) is 7.15. The standard InChI is InChI=1S/C25H28FN5O/c1-16(19-14-24(2)9-4-10-25(3,30-24)23(19)26)20-7-8-21(29-28-20)18-6-5-17(13-22(18)32)31-12-11-27-15-31/h5-8,11-13,15,19,23,30,32H,1,4,9-10,14H2,2-3H3/t19-,23+,24+,25-/m0/s1. The fourth-order valence-electron chi connectivity index (χ4n) is 5.50. The summed E-state index contributed by atoms with van der Waals surface area (Å²) in [6.45, 7) is 8.39. The summed E-state index contributed by atoms with van der Waals surface area (Å²) in [4.78, 5) is 4.03. The van der Waals surface area contributed by atoms with E-state index in [1.165, 1.54) is 0 Å². The molecule has 1 aromatic carbocycles. The molecule has 2 N–H and O–H groups in total. The van der Waals surface area contributed by atoms with Crippen LogP contribution in [0.3, 0.4) is 0 Å². The van der Waals surface area contributed by atoms with Gasteiger partial charge in [0.1, 0.15) is 11.9 Å². The first-order valence-corrected chi connectivity index (χ1v) is 11.1. The van der Waals surface area contributed by atoms with Gasteiger partial charge in [-0.05, 0) is 69.4 Å². The summed E-state index contributed by atoms with van der Waals surface area (Å²) in [6.07, 6.45) is 7.74. The molecule has 166 valence electrons. The quantitative estimate of drug-likeness (QED) is 0.624. The Morgan fingerprint density at radius 3 is 2.75 bits per heavy atom. The highest BCUT2D eigenvalue weighted by Gasteiger charge is 2.53. The summed E-state index contributed by atoms with van der Waals surface area (Å²) in [7, 11) is 0. The van der Waals surface area contributed by atoms with E-state index in [2.05, 4.69) is 34.0 Å². The Kier molecular flexibility index (Phi) is 4.89. The lowest BCUT2D eigenvalue weighted by molar-refractivity contribution is -0.00602. The molecule has 3 aromatic rings. The number of piperidine rings is 2. The van der Waals surface area contributed by atoms with Crippen molar-refractivity contribution in [1.29, 1.82) is 0 Å². The van der Waals surface area contributed by atoms with Crippen LogP contribution in [0.1, 0.15) is 45.2 Å². The SMILES string of the molecule is C=C(c1ccc(-c2ccc(-n3ccnc3)cc2O)nn1)[C@@H]1C[C@@]2(C)CCC[C@](C)(N2)[C@@H]1F. The zero-order chi connectivity index (χ0) is 22.5. The number of phenolic OH excluding ortho intramolecular Hbond substituents is 1. The maximum Gasteiger partial charge on any atom is 0.127 e. The Balaban J connectivity index is 1.38. The van der Waals surface area contributed by atoms with Gasteiger partial charge in [0.05, 0.1) is 23.4 Å². The molecule has 2 aliphatic heterocycles. The first-order chi connectivity index (χ1) is 15.3. The minimum absolute atomic E-state index is 0.0840. The number of nitrogens with zero attached hydrogens (tertiary/aromatic N) is 4. The van der Waals surface area contributed by atoms with Gasteiger partial charge < -0.3 is 15.0 Å². The van der Waals surface area contributed by atoms with Crippen molar-refractivity contribution in [2.24, 2.45) is 5.92 Å². The number of hydrogen-bond donors (Lipinski definition) is 2. The molecule has 2 bridgehead atoms. The summed E-state index contributed by atoms with van der Waals surface area (Å²) in [5.41, 5.74) is 2.61. The molecule has 32 heavy (non-hydrogen) atoms. The number of rotatable bonds is 4. The fourth-order valence-corrected chi connectivity index (χ4v) is 5.50. The van der Waals surface area contributed by atoms with Gasteiger partial charge in [0.15, 0.2) is 0 Å². The molecule has 5 rings (SSSR count). The molecule has 0 radical (unpaired) electrons. The van der Waals surface area contributed by atoms with Crippen LogP contribution in [0.5, 0.6) is 5.75 Å². The molecule has 2 aromatic heterocycles. The Labute approximate surface area is 187 Å². The number of imidazole rings is 1. The van der Waals surface area contributed by atoms with Crippen molar-refractivity contribution in [3.8, 4) is 22.7 Å². The van der Waals surface area contributed by atoms with Crippen molar-refractivity contribution in [2.75, 3.05) is 0 Å². The van der Waals surface area contributed by atoms with E-state index in [-0.39, 0.29) is 17.2 Å². The maximum absolute atomic E-state index is 15.6. The normalized spacial score (nSPS) is 29.6. The molecule has 0 aliphatic carbocycles. The van der Waals surface area contributed by atoms with E-state index in [1.807, 2.05) is 29.8 Å². The monoisotopic (exact) mass is 433 g/mol. The minimum atomic E-state index is -1.02. The van der Waals surface area contributed by atoms with Gasteiger partial charge in [-0.1, -0.05) is 6.58 Å². The van der Waals surface area contributed by atoms with Gasteiger partial charge in [-0.25, -0.2) is 9.37 Å². The van der Waals surface area contributed by atoms with Crippen LogP contribution in [0.25, 0.3) is 22.5 Å². The molecule has 4 atom stereocenters. The number of benzene rings is 1. The lowest BCUT2D eigenvalue weighted by atomic mass is 9.64. The fraction of sp³-hybridized carbons (Fsp3) is 0.400. The van der Waals surface area contributed by atoms with Crippen LogP contribution < -0.4 is 5.32 Å². The number of phenols is 1. The van der Waals surface area contributed by atoms with Gasteiger partial charge >= 0.3 is 0 Å². The van der Waals surface area contributed by atoms with E-state index in [4.69, 9.17) is 0 Å². The summed E-state index contributed by atoms with van der Waals surface area (Å²) in [5, 5.41) is 22.8. The van der Waals surface area contributed by atoms with Crippen LogP contribution in [-0.4, -0.2) is 42.1 Å². The number of nitrogens with one attached hydrogen (secondary N) is 1. The molecule has 6 nitrogen and oxygen atoms in total. The first kappa shape index (κ1) is 20.8. The zero-order valence-corrected chi connectivity index (χ0v) is 18.4. The molecular weight excluding hydrogens is 405 g/mol. The number of halogens is 1. The van der Waals surface area contributed by atoms with Crippen molar-refractivity contribution in [3.63, 3.8) is 0 Å². The molecular formula is C25H28FN5O. The van der Waals surface area contributed by atoms with Crippen LogP contribution in [0.4, 0.5) is 4.39 Å². The smallest absolute Gasteiger partial charge is 0.127 e. The number of alkyl halides is 1. The summed E-state index contributed by atoms with van der Waals surface area (Å²) >= 11 is 0. The Morgan fingerprint density at radius 2 is 2.06 bits per heavy atom. The zero-order valence-electron chi connectivity index (χ0n) is 18.4. The number of allylic oxidation sites excluding steroid dienone is 1. The molecule has 2 aliphatic rings. The molecule has 4 heterocycles. The first-order valence-electron chi connectivity index (χ1n) is 11.1. The van der Waals surface area contributed by atoms with Crippen molar-refractivity contribution in [2.45, 2.75) is 56.8 Å². The van der Waals surface area contributed by atoms with Crippen LogP contribution in [0.2, 0.25) is 0 Å². The lowest BCUT2D eigenvalue weighted by Gasteiger charge is -2.55. The predicted octanol–water partition coefficient (Wildman–Crippen LogP) is 4.70. The number of fused-ring (bicyclic) bond motifs is 2. The highest BCUT2D eigenvalue weighted by atomic mass is 19.1. The summed E-state index contributed by atoms with van der Waals surface area (Å²) < 4.78 is 17.4. The van der Waals surface area contributed by atoms with Crippen molar-refractivity contribution < 1.29 is 9.50 Å². The van der Waals surface area contributed by atoms with Crippen molar-refractivity contribution in [3.05, 3.63) is 61.3 Å². The summed E-state index contributed by atoms with van der Waals surface area (Å²) in [5.74, 6) is -0.192. The predicted molar refractivity (Wildman–Crippen MR) is 122 cm³/mol. The molecule has 0 spiro atoms. The van der Waals surface area contributed by atoms with Gasteiger partial charge in [0, 0.05) is 41.0 Å². The lowest BCUT2D eigenvalue weighted by Crippen LogP contribution is -2.68. The second-order valence-electron chi connectivity index (χ2n) is 9.67. The second-order valence-corrected chi connectivity index (χ2v) is 9.67. The van der Waals surface area contributed by atoms with Crippen LogP contribution in [0.15, 0.2) is 55.6 Å². The Morgan fingerprint density at radius 1 is 1.22 bits per heavy atom. The third-order valence-corrected chi connectivity index (χ3v) is 7.15. The summed E-state index contributed by atoms with van der Waals surface area (Å²) in [6, 6.07) is 8.97. The third kappa shape index (κ3) is 3.50. The molecule has 7 heteroatoms. The van der Waals surface area contributed by atoms with Gasteiger partial charge in [-0.15, -0.1) is 5.10 Å². The topological polar surface area (TPSA) is 75.9 Å². The number of aromatic hydroxyl groups is 1. The number of aromatic nitrogens is 4. The van der Waals surface area contributed by atoms with Gasteiger partial charge in [-0.3, -0.25) is 0 Å². The minimum Gasteiger partial charge on any atom is -0.507 e.